The Bertz CT molecular complexity index is 1100. The molecule has 0 aromatic heterocycles. The molecule has 0 aliphatic carbocycles. The Morgan fingerprint density at radius 2 is 1.57 bits per heavy atom. The number of rotatable bonds is 4. The minimum absolute atomic E-state index is 0.183. The van der Waals surface area contributed by atoms with E-state index in [9.17, 15) is 8.78 Å². The van der Waals surface area contributed by atoms with Gasteiger partial charge < -0.3 is 4.74 Å². The summed E-state index contributed by atoms with van der Waals surface area (Å²) in [6.45, 7) is 4.97. The molecule has 0 radical (unpaired) electrons. The lowest BCUT2D eigenvalue weighted by Gasteiger charge is -2.11. The van der Waals surface area contributed by atoms with Gasteiger partial charge in [0.25, 0.3) is 0 Å². The number of halogens is 2. The van der Waals surface area contributed by atoms with E-state index < -0.39 is 17.2 Å². The molecule has 3 rings (SSSR count). The molecule has 0 spiro atoms. The van der Waals surface area contributed by atoms with Gasteiger partial charge in [-0.15, -0.1) is 0 Å². The summed E-state index contributed by atoms with van der Waals surface area (Å²) < 4.78 is 33.2. The maximum Gasteiger partial charge on any atom is 0.145 e. The summed E-state index contributed by atoms with van der Waals surface area (Å²) in [7, 11) is 0. The fraction of sp³-hybridized carbons (Fsp3) is 0.208. The van der Waals surface area contributed by atoms with Crippen LogP contribution in [0, 0.1) is 40.7 Å². The number of ether oxygens (including phenoxy) is 1. The van der Waals surface area contributed by atoms with Crippen molar-refractivity contribution in [2.45, 2.75) is 20.3 Å². The lowest BCUT2D eigenvalue weighted by Crippen LogP contribution is -2.06. The first-order chi connectivity index (χ1) is 13.5. The molecule has 0 unspecified atom stereocenters. The lowest BCUT2D eigenvalue weighted by molar-refractivity contribution is 0.257. The Balaban J connectivity index is 1.82. The highest BCUT2D eigenvalue weighted by atomic mass is 19.1. The van der Waals surface area contributed by atoms with Gasteiger partial charge in [-0.3, -0.25) is 0 Å². The molecule has 0 saturated carbocycles. The van der Waals surface area contributed by atoms with Crippen LogP contribution < -0.4 is 4.74 Å². The summed E-state index contributed by atoms with van der Waals surface area (Å²) in [4.78, 5) is 0. The van der Waals surface area contributed by atoms with E-state index in [1.807, 2.05) is 36.4 Å². The van der Waals surface area contributed by atoms with E-state index >= 15 is 0 Å². The molecule has 1 atom stereocenters. The molecule has 0 saturated heterocycles. The fourth-order valence-electron chi connectivity index (χ4n) is 2.64. The minimum atomic E-state index is -0.907. The van der Waals surface area contributed by atoms with E-state index in [0.717, 1.165) is 40.6 Å². The van der Waals surface area contributed by atoms with Gasteiger partial charge in [0.2, 0.25) is 0 Å². The van der Waals surface area contributed by atoms with Crippen molar-refractivity contribution in [3.8, 4) is 23.7 Å². The average molecular weight is 375 g/mol. The SMILES string of the molecule is CC[C@H](C)COc1ccc2cc(C#Cc3cc(F)c(C#N)c(F)c3)ccc2c1. The molecule has 0 amide bonds. The van der Waals surface area contributed by atoms with Gasteiger partial charge in [-0.2, -0.15) is 5.26 Å². The first-order valence-corrected chi connectivity index (χ1v) is 9.08. The van der Waals surface area contributed by atoms with Crippen LogP contribution in [-0.2, 0) is 0 Å². The fourth-order valence-corrected chi connectivity index (χ4v) is 2.64. The van der Waals surface area contributed by atoms with E-state index in [4.69, 9.17) is 10.00 Å². The third kappa shape index (κ3) is 4.48. The van der Waals surface area contributed by atoms with Crippen molar-refractivity contribution in [1.29, 1.82) is 5.26 Å². The summed E-state index contributed by atoms with van der Waals surface area (Å²) in [6.07, 6.45) is 1.07. The van der Waals surface area contributed by atoms with E-state index in [1.54, 1.807) is 0 Å². The van der Waals surface area contributed by atoms with E-state index in [2.05, 4.69) is 25.7 Å². The Morgan fingerprint density at radius 1 is 0.929 bits per heavy atom. The topological polar surface area (TPSA) is 33.0 Å². The third-order valence-corrected chi connectivity index (χ3v) is 4.55. The van der Waals surface area contributed by atoms with Gasteiger partial charge in [0.15, 0.2) is 0 Å². The Hall–Kier alpha value is -3.37. The van der Waals surface area contributed by atoms with Crippen LogP contribution in [0.2, 0.25) is 0 Å². The van der Waals surface area contributed by atoms with Crippen LogP contribution in [0.5, 0.6) is 5.75 Å². The van der Waals surface area contributed by atoms with Crippen LogP contribution in [0.1, 0.15) is 37.0 Å². The van der Waals surface area contributed by atoms with Crippen molar-refractivity contribution in [2.24, 2.45) is 5.92 Å². The van der Waals surface area contributed by atoms with Crippen LogP contribution in [0.4, 0.5) is 8.78 Å². The molecule has 4 heteroatoms. The van der Waals surface area contributed by atoms with Crippen LogP contribution in [-0.4, -0.2) is 6.61 Å². The molecule has 28 heavy (non-hydrogen) atoms. The molecule has 0 heterocycles. The molecule has 3 aromatic carbocycles. The highest BCUT2D eigenvalue weighted by Gasteiger charge is 2.09. The molecule has 0 fully saturated rings. The molecular formula is C24H19F2NO. The quantitative estimate of drug-likeness (QED) is 0.539. The summed E-state index contributed by atoms with van der Waals surface area (Å²) in [5.74, 6) is 5.17. The largest absolute Gasteiger partial charge is 0.493 e. The maximum absolute atomic E-state index is 13.7. The molecule has 0 bridgehead atoms. The summed E-state index contributed by atoms with van der Waals surface area (Å²) >= 11 is 0. The van der Waals surface area contributed by atoms with Crippen molar-refractivity contribution in [2.75, 3.05) is 6.61 Å². The Labute approximate surface area is 163 Å². The Morgan fingerprint density at radius 3 is 2.25 bits per heavy atom. The summed E-state index contributed by atoms with van der Waals surface area (Å²) in [5, 5.41) is 10.7. The molecule has 2 nitrogen and oxygen atoms in total. The molecule has 140 valence electrons. The molecule has 0 aliphatic heterocycles. The van der Waals surface area contributed by atoms with Gasteiger partial charge in [-0.05, 0) is 53.1 Å². The minimum Gasteiger partial charge on any atom is -0.493 e. The third-order valence-electron chi connectivity index (χ3n) is 4.55. The van der Waals surface area contributed by atoms with E-state index in [-0.39, 0.29) is 5.56 Å². The molecular weight excluding hydrogens is 356 g/mol. The second-order valence-electron chi connectivity index (χ2n) is 6.72. The van der Waals surface area contributed by atoms with Gasteiger partial charge in [-0.1, -0.05) is 44.2 Å². The van der Waals surface area contributed by atoms with Gasteiger partial charge >= 0.3 is 0 Å². The number of fused-ring (bicyclic) bond motifs is 1. The predicted octanol–water partition coefficient (Wildman–Crippen LogP) is 5.81. The highest BCUT2D eigenvalue weighted by molar-refractivity contribution is 5.85. The monoisotopic (exact) mass is 375 g/mol. The average Bonchev–Trinajstić information content (AvgIpc) is 2.70. The number of hydrogen-bond donors (Lipinski definition) is 0. The Kier molecular flexibility index (Phi) is 5.92. The van der Waals surface area contributed by atoms with Crippen LogP contribution in [0.3, 0.4) is 0 Å². The summed E-state index contributed by atoms with van der Waals surface area (Å²) in [5.41, 5.74) is 0.316. The van der Waals surface area contributed by atoms with Gasteiger partial charge in [0, 0.05) is 11.1 Å². The first-order valence-electron chi connectivity index (χ1n) is 9.08. The lowest BCUT2D eigenvalue weighted by atomic mass is 10.1. The standard InChI is InChI=1S/C24H19F2NO/c1-3-16(2)15-28-21-9-8-19-10-17(6-7-20(19)13-21)4-5-18-11-23(25)22(14-27)24(26)12-18/h6-13,16H,3,15H2,1-2H3/t16-/m0/s1. The molecule has 0 aliphatic rings. The maximum atomic E-state index is 13.7. The van der Waals surface area contributed by atoms with Crippen molar-refractivity contribution < 1.29 is 13.5 Å². The van der Waals surface area contributed by atoms with Gasteiger partial charge in [-0.25, -0.2) is 8.78 Å². The zero-order chi connectivity index (χ0) is 20.1. The smallest absolute Gasteiger partial charge is 0.145 e. The molecule has 0 N–H and O–H groups in total. The van der Waals surface area contributed by atoms with Crippen LogP contribution in [0.15, 0.2) is 48.5 Å². The number of hydrogen-bond acceptors (Lipinski definition) is 2. The highest BCUT2D eigenvalue weighted by Crippen LogP contribution is 2.23. The second kappa shape index (κ2) is 8.55. The van der Waals surface area contributed by atoms with E-state index in [1.165, 1.54) is 6.07 Å². The van der Waals surface area contributed by atoms with Gasteiger partial charge in [0.05, 0.1) is 6.61 Å². The normalized spacial score (nSPS) is 11.4. The van der Waals surface area contributed by atoms with Crippen LogP contribution in [0.25, 0.3) is 10.8 Å². The summed E-state index contributed by atoms with van der Waals surface area (Å²) in [6, 6.07) is 15.2. The first kappa shape index (κ1) is 19.4. The molecule has 3 aromatic rings. The zero-order valence-corrected chi connectivity index (χ0v) is 15.7. The second-order valence-corrected chi connectivity index (χ2v) is 6.72. The zero-order valence-electron chi connectivity index (χ0n) is 15.7. The van der Waals surface area contributed by atoms with Crippen LogP contribution >= 0.6 is 0 Å². The van der Waals surface area contributed by atoms with Crippen molar-refractivity contribution in [3.63, 3.8) is 0 Å². The van der Waals surface area contributed by atoms with Crippen molar-refractivity contribution in [3.05, 3.63) is 76.9 Å². The van der Waals surface area contributed by atoms with Crippen molar-refractivity contribution in [1.82, 2.24) is 0 Å². The predicted molar refractivity (Wildman–Crippen MR) is 106 cm³/mol. The number of nitriles is 1. The number of benzene rings is 3. The van der Waals surface area contributed by atoms with Crippen molar-refractivity contribution >= 4 is 10.8 Å². The van der Waals surface area contributed by atoms with Gasteiger partial charge in [0.1, 0.15) is 29.0 Å². The number of nitrogens with zero attached hydrogens (tertiary/aromatic N) is 1. The van der Waals surface area contributed by atoms with E-state index in [0.29, 0.717) is 12.5 Å².